The summed E-state index contributed by atoms with van der Waals surface area (Å²) in [5.41, 5.74) is 1.70. The van der Waals surface area contributed by atoms with E-state index in [-0.39, 0.29) is 18.3 Å². The van der Waals surface area contributed by atoms with Gasteiger partial charge in [-0.1, -0.05) is 24.3 Å². The van der Waals surface area contributed by atoms with Crippen molar-refractivity contribution in [1.29, 1.82) is 0 Å². The van der Waals surface area contributed by atoms with Crippen LogP contribution in [0.15, 0.2) is 42.5 Å². The standard InChI is InChI=1S/C20H25FN2O3/c1-25-18-8-7-15(13-19(18)26-2)9-12-23-20(24)14-22-11-10-16-5-3-4-6-17(16)21/h3-8,13,22H,9-12,14H2,1-2H3,(H,23,24). The normalized spacial score (nSPS) is 10.4. The van der Waals surface area contributed by atoms with Crippen LogP contribution in [0.5, 0.6) is 11.5 Å². The van der Waals surface area contributed by atoms with E-state index in [4.69, 9.17) is 9.47 Å². The number of benzene rings is 2. The lowest BCUT2D eigenvalue weighted by molar-refractivity contribution is -0.120. The molecule has 0 heterocycles. The molecule has 0 aliphatic carbocycles. The van der Waals surface area contributed by atoms with E-state index >= 15 is 0 Å². The highest BCUT2D eigenvalue weighted by Crippen LogP contribution is 2.27. The van der Waals surface area contributed by atoms with Gasteiger partial charge in [0, 0.05) is 6.54 Å². The van der Waals surface area contributed by atoms with Crippen LogP contribution in [0.1, 0.15) is 11.1 Å². The van der Waals surface area contributed by atoms with Crippen LogP contribution in [0.2, 0.25) is 0 Å². The first kappa shape index (κ1) is 19.7. The van der Waals surface area contributed by atoms with Crippen molar-refractivity contribution in [3.63, 3.8) is 0 Å². The Morgan fingerprint density at radius 1 is 1.00 bits per heavy atom. The van der Waals surface area contributed by atoms with Crippen LogP contribution < -0.4 is 20.1 Å². The number of methoxy groups -OCH3 is 2. The van der Waals surface area contributed by atoms with Gasteiger partial charge in [0.2, 0.25) is 5.91 Å². The second-order valence-corrected chi connectivity index (χ2v) is 5.81. The number of ether oxygens (including phenoxy) is 2. The van der Waals surface area contributed by atoms with Crippen molar-refractivity contribution in [3.8, 4) is 11.5 Å². The van der Waals surface area contributed by atoms with Gasteiger partial charge in [-0.3, -0.25) is 4.79 Å². The van der Waals surface area contributed by atoms with Crippen molar-refractivity contribution in [2.75, 3.05) is 33.9 Å². The molecule has 0 aromatic heterocycles. The number of nitrogens with one attached hydrogen (secondary N) is 2. The zero-order chi connectivity index (χ0) is 18.8. The molecule has 140 valence electrons. The third-order valence-electron chi connectivity index (χ3n) is 4.00. The summed E-state index contributed by atoms with van der Waals surface area (Å²) in [5, 5.41) is 5.89. The molecule has 2 aromatic rings. The second-order valence-electron chi connectivity index (χ2n) is 5.81. The fourth-order valence-corrected chi connectivity index (χ4v) is 2.57. The first-order valence-electron chi connectivity index (χ1n) is 8.55. The molecule has 0 bridgehead atoms. The molecule has 5 nitrogen and oxygen atoms in total. The summed E-state index contributed by atoms with van der Waals surface area (Å²) in [6.07, 6.45) is 1.24. The van der Waals surface area contributed by atoms with Crippen LogP contribution in [0.4, 0.5) is 4.39 Å². The number of carbonyl (C=O) groups is 1. The van der Waals surface area contributed by atoms with Gasteiger partial charge in [-0.15, -0.1) is 0 Å². The lowest BCUT2D eigenvalue weighted by Crippen LogP contribution is -2.35. The minimum absolute atomic E-state index is 0.0842. The van der Waals surface area contributed by atoms with Gasteiger partial charge >= 0.3 is 0 Å². The third-order valence-corrected chi connectivity index (χ3v) is 4.00. The van der Waals surface area contributed by atoms with Crippen molar-refractivity contribution < 1.29 is 18.7 Å². The zero-order valence-corrected chi connectivity index (χ0v) is 15.2. The molecular weight excluding hydrogens is 335 g/mol. The Balaban J connectivity index is 1.65. The van der Waals surface area contributed by atoms with Crippen LogP contribution in [0, 0.1) is 5.82 Å². The molecule has 0 radical (unpaired) electrons. The van der Waals surface area contributed by atoms with Gasteiger partial charge in [-0.25, -0.2) is 4.39 Å². The number of halogens is 1. The largest absolute Gasteiger partial charge is 0.493 e. The number of rotatable bonds is 10. The molecule has 26 heavy (non-hydrogen) atoms. The Morgan fingerprint density at radius 2 is 1.77 bits per heavy atom. The molecule has 0 atom stereocenters. The molecule has 0 aliphatic heterocycles. The van der Waals surface area contributed by atoms with Gasteiger partial charge in [0.15, 0.2) is 11.5 Å². The van der Waals surface area contributed by atoms with E-state index in [1.165, 1.54) is 6.07 Å². The highest BCUT2D eigenvalue weighted by molar-refractivity contribution is 5.77. The summed E-state index contributed by atoms with van der Waals surface area (Å²) in [6.45, 7) is 1.29. The predicted molar refractivity (Wildman–Crippen MR) is 99.2 cm³/mol. The number of hydrogen-bond donors (Lipinski definition) is 2. The fraction of sp³-hybridized carbons (Fsp3) is 0.350. The summed E-state index contributed by atoms with van der Waals surface area (Å²) in [5.74, 6) is 1.05. The maximum Gasteiger partial charge on any atom is 0.233 e. The van der Waals surface area contributed by atoms with E-state index in [1.54, 1.807) is 32.4 Å². The summed E-state index contributed by atoms with van der Waals surface area (Å²) in [4.78, 5) is 11.8. The summed E-state index contributed by atoms with van der Waals surface area (Å²) < 4.78 is 23.9. The summed E-state index contributed by atoms with van der Waals surface area (Å²) in [6, 6.07) is 12.4. The van der Waals surface area contributed by atoms with Gasteiger partial charge in [0.25, 0.3) is 0 Å². The fourth-order valence-electron chi connectivity index (χ4n) is 2.57. The third kappa shape index (κ3) is 6.04. The Kier molecular flexibility index (Phi) is 7.89. The SMILES string of the molecule is COc1ccc(CCNC(=O)CNCCc2ccccc2F)cc1OC. The molecule has 0 fully saturated rings. The first-order chi connectivity index (χ1) is 12.6. The van der Waals surface area contributed by atoms with Gasteiger partial charge in [-0.05, 0) is 48.7 Å². The van der Waals surface area contributed by atoms with Crippen LogP contribution in [0.25, 0.3) is 0 Å². The average molecular weight is 360 g/mol. The van der Waals surface area contributed by atoms with Gasteiger partial charge in [-0.2, -0.15) is 0 Å². The minimum Gasteiger partial charge on any atom is -0.493 e. The molecule has 2 N–H and O–H groups in total. The molecule has 1 amide bonds. The molecular formula is C20H25FN2O3. The highest BCUT2D eigenvalue weighted by atomic mass is 19.1. The van der Waals surface area contributed by atoms with Crippen LogP contribution in [-0.2, 0) is 17.6 Å². The van der Waals surface area contributed by atoms with E-state index in [9.17, 15) is 9.18 Å². The number of carbonyl (C=O) groups excluding carboxylic acids is 1. The van der Waals surface area contributed by atoms with E-state index in [2.05, 4.69) is 10.6 Å². The zero-order valence-electron chi connectivity index (χ0n) is 15.2. The summed E-state index contributed by atoms with van der Waals surface area (Å²) >= 11 is 0. The summed E-state index contributed by atoms with van der Waals surface area (Å²) in [7, 11) is 3.19. The van der Waals surface area contributed by atoms with E-state index < -0.39 is 0 Å². The molecule has 0 saturated heterocycles. The molecule has 0 spiro atoms. The van der Waals surface area contributed by atoms with E-state index in [1.807, 2.05) is 18.2 Å². The van der Waals surface area contributed by atoms with Gasteiger partial charge < -0.3 is 20.1 Å². The molecule has 6 heteroatoms. The number of hydrogen-bond acceptors (Lipinski definition) is 4. The van der Waals surface area contributed by atoms with Crippen LogP contribution >= 0.6 is 0 Å². The van der Waals surface area contributed by atoms with E-state index in [0.29, 0.717) is 43.0 Å². The maximum atomic E-state index is 13.5. The monoisotopic (exact) mass is 360 g/mol. The second kappa shape index (κ2) is 10.4. The Morgan fingerprint density at radius 3 is 2.50 bits per heavy atom. The Bertz CT molecular complexity index is 722. The Hall–Kier alpha value is -2.60. The Labute approximate surface area is 153 Å². The van der Waals surface area contributed by atoms with Crippen molar-refractivity contribution in [2.45, 2.75) is 12.8 Å². The van der Waals surface area contributed by atoms with Crippen LogP contribution in [0.3, 0.4) is 0 Å². The van der Waals surface area contributed by atoms with Crippen molar-refractivity contribution in [2.24, 2.45) is 0 Å². The molecule has 2 rings (SSSR count). The van der Waals surface area contributed by atoms with E-state index in [0.717, 1.165) is 5.56 Å². The van der Waals surface area contributed by atoms with Crippen molar-refractivity contribution in [1.82, 2.24) is 10.6 Å². The van der Waals surface area contributed by atoms with Crippen molar-refractivity contribution >= 4 is 5.91 Å². The molecule has 0 unspecified atom stereocenters. The average Bonchev–Trinajstić information content (AvgIpc) is 2.66. The number of amides is 1. The molecule has 0 aliphatic rings. The van der Waals surface area contributed by atoms with Gasteiger partial charge in [0.1, 0.15) is 5.82 Å². The first-order valence-corrected chi connectivity index (χ1v) is 8.55. The topological polar surface area (TPSA) is 59.6 Å². The maximum absolute atomic E-state index is 13.5. The van der Waals surface area contributed by atoms with Crippen LogP contribution in [-0.4, -0.2) is 39.8 Å². The van der Waals surface area contributed by atoms with Gasteiger partial charge in [0.05, 0.1) is 20.8 Å². The molecule has 2 aromatic carbocycles. The quantitative estimate of drug-likeness (QED) is 0.639. The predicted octanol–water partition coefficient (Wildman–Crippen LogP) is 2.33. The lowest BCUT2D eigenvalue weighted by Gasteiger charge is -2.10. The molecule has 0 saturated carbocycles. The highest BCUT2D eigenvalue weighted by Gasteiger charge is 2.06. The van der Waals surface area contributed by atoms with Crippen molar-refractivity contribution in [3.05, 3.63) is 59.4 Å². The minimum atomic E-state index is -0.214. The smallest absolute Gasteiger partial charge is 0.233 e. The lowest BCUT2D eigenvalue weighted by atomic mass is 10.1.